The van der Waals surface area contributed by atoms with Gasteiger partial charge in [-0.05, 0) is 49.8 Å². The van der Waals surface area contributed by atoms with E-state index in [0.29, 0.717) is 5.89 Å². The maximum atomic E-state index is 5.68. The third kappa shape index (κ3) is 3.03. The van der Waals surface area contributed by atoms with Gasteiger partial charge in [0.05, 0.1) is 0 Å². The lowest BCUT2D eigenvalue weighted by Crippen LogP contribution is -2.21. The van der Waals surface area contributed by atoms with Crippen molar-refractivity contribution in [2.24, 2.45) is 0 Å². The zero-order valence-corrected chi connectivity index (χ0v) is 13.0. The molecule has 22 heavy (non-hydrogen) atoms. The standard InChI is InChI=1S/C19H20N2O/c1-3-21(4-2)16-12-9-15(10-13-16)11-14-19-20-17-7-5-6-8-18(17)22-19/h5-14H,3-4H2,1-2H3/b14-11+. The summed E-state index contributed by atoms with van der Waals surface area (Å²) in [7, 11) is 0. The number of hydrogen-bond acceptors (Lipinski definition) is 3. The molecule has 3 rings (SSSR count). The number of para-hydroxylation sites is 2. The van der Waals surface area contributed by atoms with Gasteiger partial charge >= 0.3 is 0 Å². The summed E-state index contributed by atoms with van der Waals surface area (Å²) < 4.78 is 5.68. The van der Waals surface area contributed by atoms with E-state index in [1.807, 2.05) is 36.4 Å². The van der Waals surface area contributed by atoms with E-state index in [1.54, 1.807) is 0 Å². The SMILES string of the molecule is CCN(CC)c1ccc(/C=C/c2nc3ccccc3o2)cc1. The van der Waals surface area contributed by atoms with Crippen LogP contribution in [-0.4, -0.2) is 18.1 Å². The van der Waals surface area contributed by atoms with Crippen molar-refractivity contribution < 1.29 is 4.42 Å². The van der Waals surface area contributed by atoms with E-state index < -0.39 is 0 Å². The molecule has 0 aliphatic heterocycles. The van der Waals surface area contributed by atoms with Crippen LogP contribution in [0.5, 0.6) is 0 Å². The molecular weight excluding hydrogens is 272 g/mol. The summed E-state index contributed by atoms with van der Waals surface area (Å²) in [4.78, 5) is 6.77. The van der Waals surface area contributed by atoms with Gasteiger partial charge in [0.15, 0.2) is 5.58 Å². The van der Waals surface area contributed by atoms with Crippen LogP contribution >= 0.6 is 0 Å². The molecule has 112 valence electrons. The topological polar surface area (TPSA) is 29.3 Å². The fraction of sp³-hybridized carbons (Fsp3) is 0.211. The summed E-state index contributed by atoms with van der Waals surface area (Å²) in [6.07, 6.45) is 3.93. The second kappa shape index (κ2) is 6.48. The van der Waals surface area contributed by atoms with Gasteiger partial charge in [-0.25, -0.2) is 4.98 Å². The lowest BCUT2D eigenvalue weighted by molar-refractivity contribution is 0.590. The molecule has 0 amide bonds. The fourth-order valence-electron chi connectivity index (χ4n) is 2.51. The molecule has 3 aromatic rings. The Bertz CT molecular complexity index is 734. The molecule has 3 heteroatoms. The van der Waals surface area contributed by atoms with E-state index in [9.17, 15) is 0 Å². The van der Waals surface area contributed by atoms with E-state index in [0.717, 1.165) is 29.8 Å². The van der Waals surface area contributed by atoms with Gasteiger partial charge in [-0.15, -0.1) is 0 Å². The summed E-state index contributed by atoms with van der Waals surface area (Å²) >= 11 is 0. The Morgan fingerprint density at radius 3 is 2.36 bits per heavy atom. The molecule has 0 radical (unpaired) electrons. The number of benzene rings is 2. The van der Waals surface area contributed by atoms with Crippen molar-refractivity contribution in [1.82, 2.24) is 4.98 Å². The molecule has 0 N–H and O–H groups in total. The third-order valence-electron chi connectivity index (χ3n) is 3.75. The molecule has 0 bridgehead atoms. The normalized spacial score (nSPS) is 11.4. The minimum atomic E-state index is 0.633. The first kappa shape index (κ1) is 14.4. The summed E-state index contributed by atoms with van der Waals surface area (Å²) in [5, 5.41) is 0. The van der Waals surface area contributed by atoms with Crippen LogP contribution in [0.3, 0.4) is 0 Å². The molecule has 0 spiro atoms. The number of fused-ring (bicyclic) bond motifs is 1. The maximum Gasteiger partial charge on any atom is 0.220 e. The van der Waals surface area contributed by atoms with E-state index in [2.05, 4.69) is 48.0 Å². The smallest absolute Gasteiger partial charge is 0.220 e. The number of oxazole rings is 1. The minimum Gasteiger partial charge on any atom is -0.437 e. The van der Waals surface area contributed by atoms with Crippen molar-refractivity contribution >= 4 is 28.9 Å². The lowest BCUT2D eigenvalue weighted by atomic mass is 10.2. The summed E-state index contributed by atoms with van der Waals surface area (Å²) in [5.41, 5.74) is 4.10. The Morgan fingerprint density at radius 2 is 1.68 bits per heavy atom. The predicted octanol–water partition coefficient (Wildman–Crippen LogP) is 4.84. The fourth-order valence-corrected chi connectivity index (χ4v) is 2.51. The first-order valence-electron chi connectivity index (χ1n) is 7.69. The minimum absolute atomic E-state index is 0.633. The second-order valence-corrected chi connectivity index (χ2v) is 5.12. The zero-order valence-electron chi connectivity index (χ0n) is 13.0. The monoisotopic (exact) mass is 292 g/mol. The van der Waals surface area contributed by atoms with Gasteiger partial charge < -0.3 is 9.32 Å². The molecule has 0 fully saturated rings. The third-order valence-corrected chi connectivity index (χ3v) is 3.75. The van der Waals surface area contributed by atoms with Gasteiger partial charge in [-0.3, -0.25) is 0 Å². The Labute approximate surface area is 130 Å². The molecule has 1 heterocycles. The molecule has 0 aliphatic carbocycles. The molecule has 0 saturated heterocycles. The molecule has 3 nitrogen and oxygen atoms in total. The van der Waals surface area contributed by atoms with Gasteiger partial charge in [-0.1, -0.05) is 24.3 Å². The molecular formula is C19H20N2O. The number of anilines is 1. The van der Waals surface area contributed by atoms with Crippen molar-refractivity contribution in [3.05, 3.63) is 60.0 Å². The quantitative estimate of drug-likeness (QED) is 0.673. The first-order chi connectivity index (χ1) is 10.8. The average molecular weight is 292 g/mol. The lowest BCUT2D eigenvalue weighted by Gasteiger charge is -2.20. The molecule has 1 aromatic heterocycles. The van der Waals surface area contributed by atoms with Crippen molar-refractivity contribution in [3.63, 3.8) is 0 Å². The number of aromatic nitrogens is 1. The van der Waals surface area contributed by atoms with Crippen molar-refractivity contribution in [1.29, 1.82) is 0 Å². The Hall–Kier alpha value is -2.55. The van der Waals surface area contributed by atoms with Crippen LogP contribution in [-0.2, 0) is 0 Å². The predicted molar refractivity (Wildman–Crippen MR) is 92.9 cm³/mol. The average Bonchev–Trinajstić information content (AvgIpc) is 2.98. The van der Waals surface area contributed by atoms with E-state index >= 15 is 0 Å². The van der Waals surface area contributed by atoms with Gasteiger partial charge in [0, 0.05) is 24.9 Å². The van der Waals surface area contributed by atoms with Gasteiger partial charge in [0.1, 0.15) is 5.52 Å². The van der Waals surface area contributed by atoms with Crippen LogP contribution < -0.4 is 4.90 Å². The van der Waals surface area contributed by atoms with Gasteiger partial charge in [0.2, 0.25) is 5.89 Å². The summed E-state index contributed by atoms with van der Waals surface area (Å²) in [5.74, 6) is 0.633. The molecule has 0 atom stereocenters. The van der Waals surface area contributed by atoms with E-state index in [1.165, 1.54) is 5.69 Å². The highest BCUT2D eigenvalue weighted by Crippen LogP contribution is 2.18. The highest BCUT2D eigenvalue weighted by molar-refractivity contribution is 5.76. The molecule has 0 unspecified atom stereocenters. The van der Waals surface area contributed by atoms with Crippen LogP contribution in [0.4, 0.5) is 5.69 Å². The van der Waals surface area contributed by atoms with Crippen molar-refractivity contribution in [3.8, 4) is 0 Å². The Balaban J connectivity index is 1.77. The molecule has 2 aromatic carbocycles. The zero-order chi connectivity index (χ0) is 15.4. The number of hydrogen-bond donors (Lipinski definition) is 0. The van der Waals surface area contributed by atoms with Crippen LogP contribution in [0, 0.1) is 0 Å². The van der Waals surface area contributed by atoms with E-state index in [-0.39, 0.29) is 0 Å². The maximum absolute atomic E-state index is 5.68. The van der Waals surface area contributed by atoms with Crippen molar-refractivity contribution in [2.75, 3.05) is 18.0 Å². The summed E-state index contributed by atoms with van der Waals surface area (Å²) in [6, 6.07) is 16.3. The first-order valence-corrected chi connectivity index (χ1v) is 7.69. The molecule has 0 aliphatic rings. The van der Waals surface area contributed by atoms with Crippen LogP contribution in [0.1, 0.15) is 25.3 Å². The van der Waals surface area contributed by atoms with Crippen LogP contribution in [0.15, 0.2) is 52.9 Å². The Kier molecular flexibility index (Phi) is 4.24. The highest BCUT2D eigenvalue weighted by atomic mass is 16.3. The second-order valence-electron chi connectivity index (χ2n) is 5.12. The van der Waals surface area contributed by atoms with Gasteiger partial charge in [-0.2, -0.15) is 0 Å². The van der Waals surface area contributed by atoms with E-state index in [4.69, 9.17) is 4.42 Å². The molecule has 0 saturated carbocycles. The highest BCUT2D eigenvalue weighted by Gasteiger charge is 2.02. The van der Waals surface area contributed by atoms with Crippen molar-refractivity contribution in [2.45, 2.75) is 13.8 Å². The summed E-state index contributed by atoms with van der Waals surface area (Å²) in [6.45, 7) is 6.39. The largest absolute Gasteiger partial charge is 0.437 e. The Morgan fingerprint density at radius 1 is 0.955 bits per heavy atom. The van der Waals surface area contributed by atoms with Crippen LogP contribution in [0.2, 0.25) is 0 Å². The number of rotatable bonds is 5. The number of nitrogens with zero attached hydrogens (tertiary/aromatic N) is 2. The van der Waals surface area contributed by atoms with Crippen LogP contribution in [0.25, 0.3) is 23.3 Å². The van der Waals surface area contributed by atoms with Gasteiger partial charge in [0.25, 0.3) is 0 Å².